The second-order valence-corrected chi connectivity index (χ2v) is 5.18. The Morgan fingerprint density at radius 2 is 1.87 bits per heavy atom. The highest BCUT2D eigenvalue weighted by atomic mass is 15.2. The van der Waals surface area contributed by atoms with E-state index in [1.54, 1.807) is 0 Å². The van der Waals surface area contributed by atoms with E-state index in [0.29, 0.717) is 12.0 Å². The van der Waals surface area contributed by atoms with Crippen molar-refractivity contribution >= 4 is 0 Å². The fourth-order valence-electron chi connectivity index (χ4n) is 2.20. The normalized spacial score (nSPS) is 17.5. The third-order valence-electron chi connectivity index (χ3n) is 3.40. The first-order valence-electron chi connectivity index (χ1n) is 6.01. The van der Waals surface area contributed by atoms with Crippen LogP contribution in [0.4, 0.5) is 0 Å². The van der Waals surface area contributed by atoms with Gasteiger partial charge in [-0.1, -0.05) is 13.8 Å². The van der Waals surface area contributed by atoms with Gasteiger partial charge in [-0.15, -0.1) is 0 Å². The predicted octanol–water partition coefficient (Wildman–Crippen LogP) is 2.84. The molecule has 2 nitrogen and oxygen atoms in total. The van der Waals surface area contributed by atoms with E-state index < -0.39 is 0 Å². The van der Waals surface area contributed by atoms with E-state index in [1.165, 1.54) is 17.8 Å². The van der Waals surface area contributed by atoms with Crippen LogP contribution in [0.3, 0.4) is 0 Å². The van der Waals surface area contributed by atoms with Crippen LogP contribution in [0.25, 0.3) is 0 Å². The lowest BCUT2D eigenvalue weighted by Crippen LogP contribution is -2.37. The molecule has 0 atom stereocenters. The lowest BCUT2D eigenvalue weighted by molar-refractivity contribution is 0.177. The largest absolute Gasteiger partial charge is 0.349 e. The molecule has 0 unspecified atom stereocenters. The average molecular weight is 206 g/mol. The molecule has 1 aromatic rings. The summed E-state index contributed by atoms with van der Waals surface area (Å²) >= 11 is 0. The number of fused-ring (bicyclic) bond motifs is 1. The Hall–Kier alpha value is -0.760. The quantitative estimate of drug-likeness (QED) is 0.722. The molecule has 0 saturated heterocycles. The molecule has 1 aliphatic heterocycles. The lowest BCUT2D eigenvalue weighted by atomic mass is 10.1. The van der Waals surface area contributed by atoms with Crippen LogP contribution in [-0.4, -0.2) is 22.1 Å². The van der Waals surface area contributed by atoms with Crippen molar-refractivity contribution in [2.45, 2.75) is 52.7 Å². The van der Waals surface area contributed by atoms with Gasteiger partial charge in [0.25, 0.3) is 0 Å². The highest BCUT2D eigenvalue weighted by molar-refractivity contribution is 5.22. The van der Waals surface area contributed by atoms with E-state index in [0.717, 1.165) is 13.1 Å². The first kappa shape index (κ1) is 10.7. The van der Waals surface area contributed by atoms with Crippen LogP contribution >= 0.6 is 0 Å². The highest BCUT2D eigenvalue weighted by Crippen LogP contribution is 2.22. The lowest BCUT2D eigenvalue weighted by Gasteiger charge is -2.31. The summed E-state index contributed by atoms with van der Waals surface area (Å²) in [5.41, 5.74) is 2.97. The van der Waals surface area contributed by atoms with Crippen LogP contribution < -0.4 is 0 Å². The summed E-state index contributed by atoms with van der Waals surface area (Å²) in [4.78, 5) is 2.54. The Morgan fingerprint density at radius 3 is 2.47 bits per heavy atom. The van der Waals surface area contributed by atoms with Crippen molar-refractivity contribution in [1.82, 2.24) is 9.47 Å². The van der Waals surface area contributed by atoms with E-state index in [4.69, 9.17) is 0 Å². The van der Waals surface area contributed by atoms with Crippen LogP contribution in [0.2, 0.25) is 0 Å². The zero-order chi connectivity index (χ0) is 11.0. The molecular weight excluding hydrogens is 184 g/mol. The number of hydrogen-bond acceptors (Lipinski definition) is 1. The number of rotatable bonds is 2. The smallest absolute Gasteiger partial charge is 0.0390 e. The molecule has 0 saturated carbocycles. The van der Waals surface area contributed by atoms with Gasteiger partial charge in [-0.05, 0) is 31.4 Å². The number of hydrogen-bond donors (Lipinski definition) is 0. The van der Waals surface area contributed by atoms with Gasteiger partial charge >= 0.3 is 0 Å². The minimum absolute atomic E-state index is 0.649. The van der Waals surface area contributed by atoms with Gasteiger partial charge in [0, 0.05) is 37.6 Å². The molecule has 0 aliphatic carbocycles. The maximum atomic E-state index is 2.54. The van der Waals surface area contributed by atoms with Crippen LogP contribution in [0.15, 0.2) is 12.3 Å². The first-order valence-corrected chi connectivity index (χ1v) is 6.01. The molecule has 0 aromatic carbocycles. The van der Waals surface area contributed by atoms with Crippen molar-refractivity contribution < 1.29 is 0 Å². The molecule has 0 fully saturated rings. The molecule has 0 radical (unpaired) electrons. The molecule has 0 amide bonds. The molecule has 0 bridgehead atoms. The highest BCUT2D eigenvalue weighted by Gasteiger charge is 2.19. The van der Waals surface area contributed by atoms with Gasteiger partial charge in [0.1, 0.15) is 0 Å². The Bertz CT molecular complexity index is 336. The minimum Gasteiger partial charge on any atom is -0.349 e. The summed E-state index contributed by atoms with van der Waals surface area (Å²) in [5, 5.41) is 0. The maximum Gasteiger partial charge on any atom is 0.0390 e. The van der Waals surface area contributed by atoms with Crippen molar-refractivity contribution in [1.29, 1.82) is 0 Å². The second-order valence-electron chi connectivity index (χ2n) is 5.18. The van der Waals surface area contributed by atoms with Crippen molar-refractivity contribution in [3.8, 4) is 0 Å². The van der Waals surface area contributed by atoms with Crippen LogP contribution in [0.1, 0.15) is 44.9 Å². The minimum atomic E-state index is 0.649. The second kappa shape index (κ2) is 4.01. The van der Waals surface area contributed by atoms with Crippen LogP contribution in [0.5, 0.6) is 0 Å². The summed E-state index contributed by atoms with van der Waals surface area (Å²) in [7, 11) is 0. The monoisotopic (exact) mass is 206 g/mol. The third kappa shape index (κ3) is 2.10. The summed E-state index contributed by atoms with van der Waals surface area (Å²) < 4.78 is 2.42. The molecule has 2 heteroatoms. The van der Waals surface area contributed by atoms with Crippen molar-refractivity contribution in [3.63, 3.8) is 0 Å². The molecule has 1 aromatic heterocycles. The SMILES string of the molecule is CC(C)c1cc2n(c1)CCN(C(C)C)C2. The van der Waals surface area contributed by atoms with Crippen LogP contribution in [-0.2, 0) is 13.1 Å². The predicted molar refractivity (Wildman–Crippen MR) is 64.1 cm³/mol. The van der Waals surface area contributed by atoms with Gasteiger partial charge in [0.05, 0.1) is 0 Å². The Morgan fingerprint density at radius 1 is 1.13 bits per heavy atom. The standard InChI is InChI=1S/C13H22N2/c1-10(2)12-7-13-9-14(11(3)4)5-6-15(13)8-12/h7-8,10-11H,5-6,9H2,1-4H3. The Labute approximate surface area is 92.9 Å². The number of aromatic nitrogens is 1. The van der Waals surface area contributed by atoms with Crippen molar-refractivity contribution in [3.05, 3.63) is 23.5 Å². The van der Waals surface area contributed by atoms with E-state index in [1.807, 2.05) is 0 Å². The average Bonchev–Trinajstić information content (AvgIpc) is 2.59. The summed E-state index contributed by atoms with van der Waals surface area (Å²) in [6.07, 6.45) is 2.33. The molecule has 0 N–H and O–H groups in total. The third-order valence-corrected chi connectivity index (χ3v) is 3.40. The molecule has 1 aliphatic rings. The molecular formula is C13H22N2. The molecule has 2 heterocycles. The van der Waals surface area contributed by atoms with Gasteiger partial charge < -0.3 is 4.57 Å². The molecule has 0 spiro atoms. The Balaban J connectivity index is 2.19. The van der Waals surface area contributed by atoms with Gasteiger partial charge in [-0.25, -0.2) is 0 Å². The topological polar surface area (TPSA) is 8.17 Å². The zero-order valence-electron chi connectivity index (χ0n) is 10.3. The fourth-order valence-corrected chi connectivity index (χ4v) is 2.20. The number of nitrogens with zero attached hydrogens (tertiary/aromatic N) is 2. The Kier molecular flexibility index (Phi) is 2.87. The van der Waals surface area contributed by atoms with Gasteiger partial charge in [0.15, 0.2) is 0 Å². The maximum absolute atomic E-state index is 2.54. The van der Waals surface area contributed by atoms with Gasteiger partial charge in [0.2, 0.25) is 0 Å². The van der Waals surface area contributed by atoms with Crippen molar-refractivity contribution in [2.24, 2.45) is 0 Å². The summed E-state index contributed by atoms with van der Waals surface area (Å²) in [5.74, 6) is 0.649. The summed E-state index contributed by atoms with van der Waals surface area (Å²) in [6.45, 7) is 12.6. The van der Waals surface area contributed by atoms with E-state index >= 15 is 0 Å². The van der Waals surface area contributed by atoms with E-state index in [-0.39, 0.29) is 0 Å². The molecule has 15 heavy (non-hydrogen) atoms. The first-order chi connectivity index (χ1) is 7.08. The fraction of sp³-hybridized carbons (Fsp3) is 0.692. The van der Waals surface area contributed by atoms with Crippen molar-refractivity contribution in [2.75, 3.05) is 6.54 Å². The van der Waals surface area contributed by atoms with Crippen LogP contribution in [0, 0.1) is 0 Å². The summed E-state index contributed by atoms with van der Waals surface area (Å²) in [6, 6.07) is 3.04. The molecule has 2 rings (SSSR count). The van der Waals surface area contributed by atoms with E-state index in [9.17, 15) is 0 Å². The van der Waals surface area contributed by atoms with E-state index in [2.05, 4.69) is 49.4 Å². The molecule has 84 valence electrons. The van der Waals surface area contributed by atoms with Gasteiger partial charge in [-0.2, -0.15) is 0 Å². The zero-order valence-corrected chi connectivity index (χ0v) is 10.3. The van der Waals surface area contributed by atoms with Gasteiger partial charge in [-0.3, -0.25) is 4.90 Å².